The molecule has 0 atom stereocenters. The number of nitro groups is 1. The molecule has 0 bridgehead atoms. The van der Waals surface area contributed by atoms with Crippen molar-refractivity contribution in [1.82, 2.24) is 0 Å². The summed E-state index contributed by atoms with van der Waals surface area (Å²) in [5, 5.41) is 13.9. The van der Waals surface area contributed by atoms with Crippen LogP contribution < -0.4 is 5.32 Å². The molecule has 0 saturated carbocycles. The van der Waals surface area contributed by atoms with Gasteiger partial charge in [0, 0.05) is 27.9 Å². The van der Waals surface area contributed by atoms with E-state index in [1.54, 1.807) is 30.3 Å². The summed E-state index contributed by atoms with van der Waals surface area (Å²) in [6.07, 6.45) is 1.65. The average molecular weight is 423 g/mol. The molecule has 5 nitrogen and oxygen atoms in total. The average Bonchev–Trinajstić information content (AvgIpc) is 2.68. The van der Waals surface area contributed by atoms with Gasteiger partial charge in [-0.05, 0) is 41.5 Å². The molecule has 6 heteroatoms. The van der Waals surface area contributed by atoms with Gasteiger partial charge < -0.3 is 5.32 Å². The quantitative estimate of drug-likeness (QED) is 0.254. The first-order valence-electron chi connectivity index (χ1n) is 8.11. The van der Waals surface area contributed by atoms with Gasteiger partial charge in [0.15, 0.2) is 0 Å². The Kier molecular flexibility index (Phi) is 5.78. The summed E-state index contributed by atoms with van der Waals surface area (Å²) in [4.78, 5) is 23.5. The Bertz CT molecular complexity index is 999. The van der Waals surface area contributed by atoms with E-state index in [0.29, 0.717) is 16.8 Å². The van der Waals surface area contributed by atoms with Crippen LogP contribution in [0.15, 0.2) is 83.3 Å². The highest BCUT2D eigenvalue weighted by Gasteiger charge is 2.13. The van der Waals surface area contributed by atoms with Gasteiger partial charge in [0.1, 0.15) is 0 Å². The zero-order valence-electron chi connectivity index (χ0n) is 14.1. The lowest BCUT2D eigenvalue weighted by Gasteiger charge is -2.10. The molecule has 0 aliphatic heterocycles. The molecule has 0 aliphatic carbocycles. The molecule has 0 aromatic heterocycles. The van der Waals surface area contributed by atoms with Crippen molar-refractivity contribution in [2.45, 2.75) is 0 Å². The number of nitrogens with zero attached hydrogens (tertiary/aromatic N) is 1. The highest BCUT2D eigenvalue weighted by Crippen LogP contribution is 2.23. The summed E-state index contributed by atoms with van der Waals surface area (Å²) in [6, 6.07) is 22.6. The molecule has 0 heterocycles. The maximum atomic E-state index is 12.9. The molecule has 3 aromatic carbocycles. The van der Waals surface area contributed by atoms with Crippen LogP contribution in [0.3, 0.4) is 0 Å². The van der Waals surface area contributed by atoms with Crippen LogP contribution in [0.2, 0.25) is 0 Å². The largest absolute Gasteiger partial charge is 0.322 e. The van der Waals surface area contributed by atoms with Gasteiger partial charge in [0.2, 0.25) is 0 Å². The first kappa shape index (κ1) is 18.5. The molecule has 134 valence electrons. The second kappa shape index (κ2) is 8.42. The van der Waals surface area contributed by atoms with Gasteiger partial charge in [0.25, 0.3) is 11.6 Å². The van der Waals surface area contributed by atoms with Crippen molar-refractivity contribution in [1.29, 1.82) is 0 Å². The number of nitro benzene ring substituents is 1. The molecule has 27 heavy (non-hydrogen) atoms. The molecule has 0 radical (unpaired) electrons. The third kappa shape index (κ3) is 4.89. The number of non-ortho nitro benzene ring substituents is 1. The van der Waals surface area contributed by atoms with Crippen LogP contribution in [0.1, 0.15) is 11.1 Å². The minimum Gasteiger partial charge on any atom is -0.322 e. The summed E-state index contributed by atoms with van der Waals surface area (Å²) >= 11 is 3.36. The van der Waals surface area contributed by atoms with Gasteiger partial charge in [0.05, 0.1) is 4.92 Å². The normalized spacial score (nSPS) is 11.1. The SMILES string of the molecule is O=C(Nc1ccc(Br)cc1)C(=Cc1cccc([N+](=O)[O-])c1)c1ccccc1. The second-order valence-electron chi connectivity index (χ2n) is 5.74. The lowest BCUT2D eigenvalue weighted by Crippen LogP contribution is -2.13. The van der Waals surface area contributed by atoms with Crippen LogP contribution in [0, 0.1) is 10.1 Å². The fourth-order valence-corrected chi connectivity index (χ4v) is 2.79. The van der Waals surface area contributed by atoms with Gasteiger partial charge >= 0.3 is 0 Å². The third-order valence-corrected chi connectivity index (χ3v) is 4.35. The van der Waals surface area contributed by atoms with Gasteiger partial charge in [-0.3, -0.25) is 14.9 Å². The summed E-state index contributed by atoms with van der Waals surface area (Å²) in [6.45, 7) is 0. The zero-order chi connectivity index (χ0) is 19.2. The summed E-state index contributed by atoms with van der Waals surface area (Å²) in [5.41, 5.74) is 2.35. The fraction of sp³-hybridized carbons (Fsp3) is 0. The Morgan fingerprint density at radius 3 is 2.33 bits per heavy atom. The summed E-state index contributed by atoms with van der Waals surface area (Å²) < 4.78 is 0.913. The third-order valence-electron chi connectivity index (χ3n) is 3.82. The number of carbonyl (C=O) groups is 1. The number of nitrogens with one attached hydrogen (secondary N) is 1. The molecule has 1 amide bonds. The number of hydrogen-bond donors (Lipinski definition) is 1. The lowest BCUT2D eigenvalue weighted by atomic mass is 10.0. The minimum absolute atomic E-state index is 0.0236. The van der Waals surface area contributed by atoms with Crippen LogP contribution in [0.4, 0.5) is 11.4 Å². The summed E-state index contributed by atoms with van der Waals surface area (Å²) in [7, 11) is 0. The number of halogens is 1. The first-order chi connectivity index (χ1) is 13.0. The number of anilines is 1. The van der Waals surface area contributed by atoms with Crippen molar-refractivity contribution in [2.75, 3.05) is 5.32 Å². The molecule has 3 aromatic rings. The number of rotatable bonds is 5. The topological polar surface area (TPSA) is 72.2 Å². The van der Waals surface area contributed by atoms with Crippen molar-refractivity contribution >= 4 is 44.9 Å². The number of amides is 1. The maximum Gasteiger partial charge on any atom is 0.270 e. The van der Waals surface area contributed by atoms with E-state index in [9.17, 15) is 14.9 Å². The fourth-order valence-electron chi connectivity index (χ4n) is 2.52. The van der Waals surface area contributed by atoms with E-state index in [1.807, 2.05) is 42.5 Å². The van der Waals surface area contributed by atoms with E-state index in [4.69, 9.17) is 0 Å². The molecule has 1 N–H and O–H groups in total. The van der Waals surface area contributed by atoms with Crippen molar-refractivity contribution < 1.29 is 9.72 Å². The van der Waals surface area contributed by atoms with E-state index in [0.717, 1.165) is 10.0 Å². The first-order valence-corrected chi connectivity index (χ1v) is 8.91. The highest BCUT2D eigenvalue weighted by atomic mass is 79.9. The molecule has 0 saturated heterocycles. The minimum atomic E-state index is -0.457. The molecule has 0 spiro atoms. The van der Waals surface area contributed by atoms with Gasteiger partial charge in [-0.25, -0.2) is 0 Å². The molecule has 3 rings (SSSR count). The standard InChI is InChI=1S/C21H15BrN2O3/c22-17-9-11-18(12-10-17)23-21(25)20(16-6-2-1-3-7-16)14-15-5-4-8-19(13-15)24(26)27/h1-14H,(H,23,25). The van der Waals surface area contributed by atoms with Crippen LogP contribution in [-0.4, -0.2) is 10.8 Å². The van der Waals surface area contributed by atoms with Crippen molar-refractivity contribution in [3.05, 3.63) is 105 Å². The molecule has 0 aliphatic rings. The number of benzene rings is 3. The summed E-state index contributed by atoms with van der Waals surface area (Å²) in [5.74, 6) is -0.296. The zero-order valence-corrected chi connectivity index (χ0v) is 15.7. The number of carbonyl (C=O) groups excluding carboxylic acids is 1. The number of hydrogen-bond acceptors (Lipinski definition) is 3. The molecule has 0 fully saturated rings. The highest BCUT2D eigenvalue weighted by molar-refractivity contribution is 9.10. The van der Waals surface area contributed by atoms with Crippen LogP contribution in [0.25, 0.3) is 11.6 Å². The van der Waals surface area contributed by atoms with Crippen LogP contribution in [0.5, 0.6) is 0 Å². The van der Waals surface area contributed by atoms with Crippen molar-refractivity contribution in [3.63, 3.8) is 0 Å². The van der Waals surface area contributed by atoms with E-state index >= 15 is 0 Å². The van der Waals surface area contributed by atoms with Crippen LogP contribution in [-0.2, 0) is 4.79 Å². The Morgan fingerprint density at radius 2 is 1.67 bits per heavy atom. The van der Waals surface area contributed by atoms with Gasteiger partial charge in [-0.15, -0.1) is 0 Å². The lowest BCUT2D eigenvalue weighted by molar-refractivity contribution is -0.384. The van der Waals surface area contributed by atoms with E-state index in [1.165, 1.54) is 12.1 Å². The van der Waals surface area contributed by atoms with Crippen molar-refractivity contribution in [3.8, 4) is 0 Å². The van der Waals surface area contributed by atoms with Crippen LogP contribution >= 0.6 is 15.9 Å². The maximum absolute atomic E-state index is 12.9. The van der Waals surface area contributed by atoms with E-state index in [2.05, 4.69) is 21.2 Å². The molecule has 0 unspecified atom stereocenters. The Hall–Kier alpha value is -3.25. The Balaban J connectivity index is 1.98. The molecular weight excluding hydrogens is 408 g/mol. The predicted octanol–water partition coefficient (Wildman–Crippen LogP) is 5.54. The Morgan fingerprint density at radius 1 is 0.963 bits per heavy atom. The van der Waals surface area contributed by atoms with Gasteiger partial charge in [-0.1, -0.05) is 58.4 Å². The van der Waals surface area contributed by atoms with E-state index in [-0.39, 0.29) is 11.6 Å². The van der Waals surface area contributed by atoms with Gasteiger partial charge in [-0.2, -0.15) is 0 Å². The van der Waals surface area contributed by atoms with Crippen molar-refractivity contribution in [2.24, 2.45) is 0 Å². The van der Waals surface area contributed by atoms with E-state index < -0.39 is 4.92 Å². The Labute approximate surface area is 164 Å². The second-order valence-corrected chi connectivity index (χ2v) is 6.65. The molecular formula is C21H15BrN2O3. The smallest absolute Gasteiger partial charge is 0.270 e. The monoisotopic (exact) mass is 422 g/mol. The predicted molar refractivity (Wildman–Crippen MR) is 110 cm³/mol.